The van der Waals surface area contributed by atoms with Crippen LogP contribution in [-0.4, -0.2) is 23.2 Å². The molecule has 0 N–H and O–H groups in total. The molecule has 0 bridgehead atoms. The van der Waals surface area contributed by atoms with E-state index in [-0.39, 0.29) is 0 Å². The van der Waals surface area contributed by atoms with Gasteiger partial charge in [0.05, 0.1) is 12.2 Å². The van der Waals surface area contributed by atoms with Crippen molar-refractivity contribution in [3.05, 3.63) is 0 Å². The fourth-order valence-corrected chi connectivity index (χ4v) is 2.02. The van der Waals surface area contributed by atoms with Crippen molar-refractivity contribution in [2.24, 2.45) is 0 Å². The largest absolute Gasteiger partial charge is 0.369 e. The van der Waals surface area contributed by atoms with Crippen LogP contribution in [0.1, 0.15) is 33.6 Å². The molecule has 1 aliphatic rings. The quantitative estimate of drug-likeness (QED) is 0.594. The fraction of sp³-hybridized carbons (Fsp3) is 1.00. The summed E-state index contributed by atoms with van der Waals surface area (Å²) in [6.45, 7) is 6.69. The van der Waals surface area contributed by atoms with Crippen LogP contribution in [0.2, 0.25) is 0 Å². The second-order valence-electron chi connectivity index (χ2n) is 3.38. The summed E-state index contributed by atoms with van der Waals surface area (Å²) in [7, 11) is 0. The molecular formula is C9H18OS. The highest BCUT2D eigenvalue weighted by molar-refractivity contribution is 7.99. The van der Waals surface area contributed by atoms with Crippen LogP contribution in [0.15, 0.2) is 0 Å². The van der Waals surface area contributed by atoms with E-state index in [1.165, 1.54) is 18.6 Å². The predicted molar refractivity (Wildman–Crippen MR) is 51.2 cm³/mol. The lowest BCUT2D eigenvalue weighted by Crippen LogP contribution is -1.99. The standard InChI is InChI=1S/C9H18OS/c1-4-5-8-9(10-8)6-11-7(2)3/h7-9H,4-6H2,1-3H3/t8-,9-/m0/s1. The van der Waals surface area contributed by atoms with E-state index in [2.05, 4.69) is 20.8 Å². The highest BCUT2D eigenvalue weighted by Gasteiger charge is 2.37. The lowest BCUT2D eigenvalue weighted by atomic mass is 10.2. The van der Waals surface area contributed by atoms with Gasteiger partial charge in [-0.05, 0) is 11.7 Å². The third-order valence-electron chi connectivity index (χ3n) is 1.85. The molecule has 0 aromatic heterocycles. The zero-order valence-electron chi connectivity index (χ0n) is 7.67. The first kappa shape index (κ1) is 9.40. The van der Waals surface area contributed by atoms with Gasteiger partial charge in [0.1, 0.15) is 0 Å². The molecule has 0 spiro atoms. The molecule has 0 saturated carbocycles. The van der Waals surface area contributed by atoms with E-state index in [4.69, 9.17) is 4.74 Å². The first-order valence-corrected chi connectivity index (χ1v) is 5.56. The Morgan fingerprint density at radius 2 is 2.09 bits per heavy atom. The fourth-order valence-electron chi connectivity index (χ4n) is 1.15. The first-order chi connectivity index (χ1) is 5.24. The molecule has 66 valence electrons. The maximum Gasteiger partial charge on any atom is 0.0932 e. The average molecular weight is 174 g/mol. The summed E-state index contributed by atoms with van der Waals surface area (Å²) < 4.78 is 5.49. The van der Waals surface area contributed by atoms with E-state index in [0.717, 1.165) is 5.25 Å². The molecule has 1 aliphatic heterocycles. The molecular weight excluding hydrogens is 156 g/mol. The molecule has 0 amide bonds. The van der Waals surface area contributed by atoms with E-state index >= 15 is 0 Å². The van der Waals surface area contributed by atoms with Gasteiger partial charge in [-0.15, -0.1) is 0 Å². The Bertz CT molecular complexity index is 114. The minimum atomic E-state index is 0.586. The zero-order valence-corrected chi connectivity index (χ0v) is 8.49. The third-order valence-corrected chi connectivity index (χ3v) is 3.04. The van der Waals surface area contributed by atoms with Crippen LogP contribution in [0.5, 0.6) is 0 Å². The lowest BCUT2D eigenvalue weighted by Gasteiger charge is -2.00. The third kappa shape index (κ3) is 3.48. The van der Waals surface area contributed by atoms with Crippen LogP contribution < -0.4 is 0 Å². The Labute approximate surface area is 73.9 Å². The highest BCUT2D eigenvalue weighted by Crippen LogP contribution is 2.30. The van der Waals surface area contributed by atoms with Crippen LogP contribution in [-0.2, 0) is 4.74 Å². The highest BCUT2D eigenvalue weighted by atomic mass is 32.2. The van der Waals surface area contributed by atoms with Gasteiger partial charge in [0.15, 0.2) is 0 Å². The van der Waals surface area contributed by atoms with Crippen LogP contribution in [0.25, 0.3) is 0 Å². The molecule has 0 aliphatic carbocycles. The number of ether oxygens (including phenoxy) is 1. The molecule has 1 rings (SSSR count). The molecule has 2 atom stereocenters. The summed E-state index contributed by atoms with van der Waals surface area (Å²) >= 11 is 2.01. The lowest BCUT2D eigenvalue weighted by molar-refractivity contribution is 0.370. The Kier molecular flexibility index (Phi) is 3.73. The summed E-state index contributed by atoms with van der Waals surface area (Å²) in [5.74, 6) is 1.20. The van der Waals surface area contributed by atoms with Gasteiger partial charge in [0, 0.05) is 5.75 Å². The number of epoxide rings is 1. The van der Waals surface area contributed by atoms with Crippen LogP contribution in [0.4, 0.5) is 0 Å². The summed E-state index contributed by atoms with van der Waals surface area (Å²) in [6, 6.07) is 0. The van der Waals surface area contributed by atoms with Gasteiger partial charge < -0.3 is 4.74 Å². The normalized spacial score (nSPS) is 29.5. The zero-order chi connectivity index (χ0) is 8.27. The molecule has 1 fully saturated rings. The van der Waals surface area contributed by atoms with Crippen LogP contribution >= 0.6 is 11.8 Å². The van der Waals surface area contributed by atoms with Crippen molar-refractivity contribution in [3.8, 4) is 0 Å². The van der Waals surface area contributed by atoms with Crippen molar-refractivity contribution in [2.75, 3.05) is 5.75 Å². The van der Waals surface area contributed by atoms with Gasteiger partial charge in [-0.3, -0.25) is 0 Å². The molecule has 1 nitrogen and oxygen atoms in total. The smallest absolute Gasteiger partial charge is 0.0932 e. The van der Waals surface area contributed by atoms with E-state index in [1.807, 2.05) is 11.8 Å². The van der Waals surface area contributed by atoms with Gasteiger partial charge in [-0.1, -0.05) is 27.2 Å². The summed E-state index contributed by atoms with van der Waals surface area (Å²) in [6.07, 6.45) is 3.70. The summed E-state index contributed by atoms with van der Waals surface area (Å²) in [5.41, 5.74) is 0. The number of thioether (sulfide) groups is 1. The Morgan fingerprint density at radius 3 is 2.64 bits per heavy atom. The number of hydrogen-bond acceptors (Lipinski definition) is 2. The SMILES string of the molecule is CCC[C@@H]1O[C@H]1CSC(C)C. The maximum absolute atomic E-state index is 5.49. The monoisotopic (exact) mass is 174 g/mol. The van der Waals surface area contributed by atoms with E-state index in [1.54, 1.807) is 0 Å². The molecule has 0 aromatic rings. The van der Waals surface area contributed by atoms with Crippen molar-refractivity contribution in [3.63, 3.8) is 0 Å². The molecule has 11 heavy (non-hydrogen) atoms. The maximum atomic E-state index is 5.49. The number of hydrogen-bond donors (Lipinski definition) is 0. The Morgan fingerprint density at radius 1 is 1.36 bits per heavy atom. The van der Waals surface area contributed by atoms with E-state index < -0.39 is 0 Å². The molecule has 1 saturated heterocycles. The molecule has 0 aromatic carbocycles. The van der Waals surface area contributed by atoms with Crippen molar-refractivity contribution >= 4 is 11.8 Å². The minimum absolute atomic E-state index is 0.586. The second kappa shape index (κ2) is 4.36. The van der Waals surface area contributed by atoms with Gasteiger partial charge >= 0.3 is 0 Å². The first-order valence-electron chi connectivity index (χ1n) is 4.51. The second-order valence-corrected chi connectivity index (χ2v) is 4.99. The summed E-state index contributed by atoms with van der Waals surface area (Å²) in [4.78, 5) is 0. The predicted octanol–water partition coefficient (Wildman–Crippen LogP) is 2.70. The van der Waals surface area contributed by atoms with Crippen molar-refractivity contribution in [1.29, 1.82) is 0 Å². The van der Waals surface area contributed by atoms with Gasteiger partial charge in [0.25, 0.3) is 0 Å². The van der Waals surface area contributed by atoms with Gasteiger partial charge in [-0.2, -0.15) is 11.8 Å². The van der Waals surface area contributed by atoms with Crippen molar-refractivity contribution in [2.45, 2.75) is 51.1 Å². The Hall–Kier alpha value is 0.310. The Balaban J connectivity index is 1.95. The molecule has 2 heteroatoms. The molecule has 0 radical (unpaired) electrons. The molecule has 1 heterocycles. The number of rotatable bonds is 5. The van der Waals surface area contributed by atoms with Crippen LogP contribution in [0.3, 0.4) is 0 Å². The van der Waals surface area contributed by atoms with Crippen molar-refractivity contribution in [1.82, 2.24) is 0 Å². The van der Waals surface area contributed by atoms with Gasteiger partial charge in [-0.25, -0.2) is 0 Å². The molecule has 0 unspecified atom stereocenters. The van der Waals surface area contributed by atoms with E-state index in [0.29, 0.717) is 12.2 Å². The van der Waals surface area contributed by atoms with Gasteiger partial charge in [0.2, 0.25) is 0 Å². The minimum Gasteiger partial charge on any atom is -0.369 e. The average Bonchev–Trinajstić information content (AvgIpc) is 2.64. The van der Waals surface area contributed by atoms with Crippen LogP contribution in [0, 0.1) is 0 Å². The topological polar surface area (TPSA) is 12.5 Å². The van der Waals surface area contributed by atoms with E-state index in [9.17, 15) is 0 Å². The van der Waals surface area contributed by atoms with Crippen molar-refractivity contribution < 1.29 is 4.74 Å². The summed E-state index contributed by atoms with van der Waals surface area (Å²) in [5, 5.41) is 0.751.